The summed E-state index contributed by atoms with van der Waals surface area (Å²) in [6.45, 7) is 13.0. The molecule has 0 amide bonds. The number of benzene rings is 1. The first-order valence-corrected chi connectivity index (χ1v) is 8.38. The van der Waals surface area contributed by atoms with E-state index >= 15 is 0 Å². The Bertz CT molecular complexity index is 438. The predicted molar refractivity (Wildman–Crippen MR) is 92.8 cm³/mol. The van der Waals surface area contributed by atoms with Gasteiger partial charge in [0.2, 0.25) is 0 Å². The van der Waals surface area contributed by atoms with Gasteiger partial charge < -0.3 is 0 Å². The third-order valence-corrected chi connectivity index (χ3v) is 4.62. The van der Waals surface area contributed by atoms with Crippen LogP contribution in [0.15, 0.2) is 12.1 Å². The Morgan fingerprint density at radius 2 is 1.65 bits per heavy atom. The van der Waals surface area contributed by atoms with Gasteiger partial charge in [0, 0.05) is 24.4 Å². The molecule has 0 saturated carbocycles. The fourth-order valence-corrected chi connectivity index (χ4v) is 3.55. The van der Waals surface area contributed by atoms with Gasteiger partial charge in [-0.3, -0.25) is 4.79 Å². The fraction of sp³-hybridized carbons (Fsp3) is 0.588. The topological polar surface area (TPSA) is 17.1 Å². The summed E-state index contributed by atoms with van der Waals surface area (Å²) < 4.78 is 0. The molecule has 0 N–H and O–H groups in total. The number of hydrogen-bond donors (Lipinski definition) is 0. The van der Waals surface area contributed by atoms with Crippen LogP contribution in [-0.4, -0.2) is 30.5 Å². The summed E-state index contributed by atoms with van der Waals surface area (Å²) in [5.41, 5.74) is 5.03. The molecular weight excluding hydrogens is 258 g/mol. The summed E-state index contributed by atoms with van der Waals surface area (Å²) in [5, 5.41) is 0. The van der Waals surface area contributed by atoms with Crippen molar-refractivity contribution in [2.24, 2.45) is 0 Å². The number of unbranched alkanes of at least 4 members (excludes halogenated alkanes) is 1. The normalized spacial score (nSPS) is 11.7. The van der Waals surface area contributed by atoms with Crippen LogP contribution < -0.4 is 0 Å². The molecule has 0 saturated heterocycles. The summed E-state index contributed by atoms with van der Waals surface area (Å²) >= 11 is 0. The standard InChI is InChI=1S/C17H27OP.Li/c1-7-8-9-19-16(18)15-12(2)10-14(11-13(15)3)17(4,5)6;/h10-11,19H,7-9H2,1-6H3;. The van der Waals surface area contributed by atoms with E-state index in [0.29, 0.717) is 14.1 Å². The van der Waals surface area contributed by atoms with Gasteiger partial charge in [-0.25, -0.2) is 0 Å². The molecule has 0 aliphatic carbocycles. The van der Waals surface area contributed by atoms with Crippen LogP contribution in [0, 0.1) is 13.8 Å². The molecule has 1 unspecified atom stereocenters. The van der Waals surface area contributed by atoms with Crippen molar-refractivity contribution in [2.45, 2.75) is 59.8 Å². The Morgan fingerprint density at radius 1 is 1.15 bits per heavy atom. The van der Waals surface area contributed by atoms with Crippen molar-refractivity contribution in [1.29, 1.82) is 0 Å². The number of rotatable bonds is 5. The summed E-state index contributed by atoms with van der Waals surface area (Å²) in [6.07, 6.45) is 3.36. The second-order valence-electron chi connectivity index (χ2n) is 6.34. The molecule has 1 radical (unpaired) electrons. The number of aryl methyl sites for hydroxylation is 2. The van der Waals surface area contributed by atoms with E-state index in [0.717, 1.165) is 29.3 Å². The van der Waals surface area contributed by atoms with E-state index in [1.54, 1.807) is 0 Å². The van der Waals surface area contributed by atoms with Gasteiger partial charge in [0.1, 0.15) is 0 Å². The average Bonchev–Trinajstić information content (AvgIpc) is 2.27. The Hall–Kier alpha value is -0.0826. The molecule has 20 heavy (non-hydrogen) atoms. The molecule has 1 aromatic carbocycles. The third-order valence-electron chi connectivity index (χ3n) is 3.44. The SMILES string of the molecule is CCCCPC(=O)c1c(C)cc(C(C)(C)C)cc1C.[Li]. The molecule has 1 nitrogen and oxygen atoms in total. The van der Waals surface area contributed by atoms with Crippen molar-refractivity contribution in [3.63, 3.8) is 0 Å². The third kappa shape index (κ3) is 5.36. The Labute approximate surface area is 138 Å². The first kappa shape index (κ1) is 19.9. The molecule has 1 rings (SSSR count). The fourth-order valence-electron chi connectivity index (χ4n) is 2.22. The first-order chi connectivity index (χ1) is 8.77. The maximum Gasteiger partial charge on any atom is 0.181 e. The van der Waals surface area contributed by atoms with Crippen LogP contribution in [0.1, 0.15) is 67.6 Å². The summed E-state index contributed by atoms with van der Waals surface area (Å²) in [4.78, 5) is 12.3. The van der Waals surface area contributed by atoms with E-state index in [4.69, 9.17) is 0 Å². The summed E-state index contributed by atoms with van der Waals surface area (Å²) in [5.74, 6) is 0. The van der Waals surface area contributed by atoms with Crippen LogP contribution in [-0.2, 0) is 5.41 Å². The van der Waals surface area contributed by atoms with Crippen molar-refractivity contribution in [1.82, 2.24) is 0 Å². The van der Waals surface area contributed by atoms with E-state index in [-0.39, 0.29) is 24.3 Å². The number of carbonyl (C=O) groups excluding carboxylic acids is 1. The van der Waals surface area contributed by atoms with E-state index in [1.807, 2.05) is 0 Å². The molecule has 0 aliphatic heterocycles. The zero-order chi connectivity index (χ0) is 14.6. The smallest absolute Gasteiger partial charge is 0.181 e. The Morgan fingerprint density at radius 3 is 2.05 bits per heavy atom. The molecule has 0 aliphatic rings. The van der Waals surface area contributed by atoms with Crippen LogP contribution in [0.3, 0.4) is 0 Å². The summed E-state index contributed by atoms with van der Waals surface area (Å²) in [6, 6.07) is 4.37. The number of hydrogen-bond acceptors (Lipinski definition) is 1. The van der Waals surface area contributed by atoms with Crippen molar-refractivity contribution in [2.75, 3.05) is 6.16 Å². The number of carbonyl (C=O) groups is 1. The first-order valence-electron chi connectivity index (χ1n) is 7.17. The van der Waals surface area contributed by atoms with Crippen molar-refractivity contribution < 1.29 is 4.79 Å². The van der Waals surface area contributed by atoms with E-state index in [1.165, 1.54) is 12.0 Å². The molecule has 0 aromatic heterocycles. The minimum atomic E-state index is 0. The van der Waals surface area contributed by atoms with Gasteiger partial charge in [-0.15, -0.1) is 0 Å². The van der Waals surface area contributed by atoms with Crippen molar-refractivity contribution >= 4 is 33.0 Å². The predicted octanol–water partition coefficient (Wildman–Crippen LogP) is 4.84. The van der Waals surface area contributed by atoms with Gasteiger partial charge in [0.15, 0.2) is 5.52 Å². The van der Waals surface area contributed by atoms with Gasteiger partial charge in [0.25, 0.3) is 0 Å². The molecular formula is C17H27LiOP. The Kier molecular flexibility index (Phi) is 8.35. The molecule has 1 aromatic rings. The van der Waals surface area contributed by atoms with Crippen LogP contribution in [0.4, 0.5) is 0 Å². The molecule has 0 fully saturated rings. The quantitative estimate of drug-likeness (QED) is 0.430. The van der Waals surface area contributed by atoms with E-state index in [2.05, 4.69) is 53.7 Å². The minimum Gasteiger partial charge on any atom is -0.289 e. The van der Waals surface area contributed by atoms with Crippen LogP contribution in [0.25, 0.3) is 0 Å². The van der Waals surface area contributed by atoms with Gasteiger partial charge in [0.05, 0.1) is 0 Å². The monoisotopic (exact) mass is 285 g/mol. The van der Waals surface area contributed by atoms with Crippen LogP contribution in [0.5, 0.6) is 0 Å². The minimum absolute atomic E-state index is 0. The molecule has 3 heteroatoms. The second-order valence-corrected chi connectivity index (χ2v) is 7.65. The van der Waals surface area contributed by atoms with E-state index in [9.17, 15) is 4.79 Å². The molecule has 0 bridgehead atoms. The van der Waals surface area contributed by atoms with Gasteiger partial charge in [-0.05, 0) is 57.1 Å². The molecule has 0 spiro atoms. The summed E-state index contributed by atoms with van der Waals surface area (Å²) in [7, 11) is 0.428. The van der Waals surface area contributed by atoms with E-state index < -0.39 is 0 Å². The zero-order valence-corrected chi connectivity index (χ0v) is 15.2. The van der Waals surface area contributed by atoms with Crippen molar-refractivity contribution in [3.05, 3.63) is 34.4 Å². The average molecular weight is 285 g/mol. The maximum absolute atomic E-state index is 12.3. The van der Waals surface area contributed by atoms with Gasteiger partial charge in [-0.2, -0.15) is 0 Å². The zero-order valence-electron chi connectivity index (χ0n) is 14.2. The second kappa shape index (κ2) is 8.38. The molecule has 107 valence electrons. The van der Waals surface area contributed by atoms with Gasteiger partial charge in [-0.1, -0.05) is 46.2 Å². The Balaban J connectivity index is 0.00000361. The largest absolute Gasteiger partial charge is 0.289 e. The van der Waals surface area contributed by atoms with Crippen LogP contribution in [0.2, 0.25) is 0 Å². The molecule has 1 atom stereocenters. The maximum atomic E-state index is 12.3. The van der Waals surface area contributed by atoms with Crippen LogP contribution >= 0.6 is 8.58 Å². The molecule has 0 heterocycles. The van der Waals surface area contributed by atoms with Crippen molar-refractivity contribution in [3.8, 4) is 0 Å². The van der Waals surface area contributed by atoms with Gasteiger partial charge >= 0.3 is 0 Å².